The van der Waals surface area contributed by atoms with Crippen LogP contribution in [0.2, 0.25) is 5.02 Å². The number of hydrogen-bond acceptors (Lipinski definition) is 2. The maximum atomic E-state index is 12.2. The normalized spacial score (nSPS) is 13.1. The van der Waals surface area contributed by atoms with Crippen LogP contribution in [0.4, 0.5) is 0 Å². The topological polar surface area (TPSA) is 34.9 Å². The molecule has 0 N–H and O–H groups in total. The SMILES string of the molecule is CCCn1ncc(Cl)c1C(=O)C(C)C(C)C. The molecule has 0 radical (unpaired) electrons. The number of carbonyl (C=O) groups excluding carboxylic acids is 1. The molecule has 90 valence electrons. The van der Waals surface area contributed by atoms with Gasteiger partial charge in [0.25, 0.3) is 0 Å². The summed E-state index contributed by atoms with van der Waals surface area (Å²) in [6.45, 7) is 8.80. The third-order valence-corrected chi connectivity index (χ3v) is 3.15. The van der Waals surface area contributed by atoms with Gasteiger partial charge in [-0.1, -0.05) is 39.3 Å². The van der Waals surface area contributed by atoms with E-state index in [1.807, 2.05) is 20.8 Å². The summed E-state index contributed by atoms with van der Waals surface area (Å²) < 4.78 is 1.71. The Morgan fingerprint density at radius 2 is 2.12 bits per heavy atom. The maximum absolute atomic E-state index is 12.2. The molecule has 0 spiro atoms. The van der Waals surface area contributed by atoms with Crippen molar-refractivity contribution in [1.82, 2.24) is 9.78 Å². The Morgan fingerprint density at radius 3 is 2.62 bits per heavy atom. The van der Waals surface area contributed by atoms with E-state index in [1.54, 1.807) is 10.9 Å². The predicted molar refractivity (Wildman–Crippen MR) is 65.9 cm³/mol. The fourth-order valence-electron chi connectivity index (χ4n) is 1.51. The average Bonchev–Trinajstić information content (AvgIpc) is 2.58. The highest BCUT2D eigenvalue weighted by Crippen LogP contribution is 2.22. The summed E-state index contributed by atoms with van der Waals surface area (Å²) >= 11 is 6.02. The maximum Gasteiger partial charge on any atom is 0.185 e. The van der Waals surface area contributed by atoms with E-state index >= 15 is 0 Å². The van der Waals surface area contributed by atoms with Crippen molar-refractivity contribution in [3.8, 4) is 0 Å². The van der Waals surface area contributed by atoms with Crippen LogP contribution in [0.15, 0.2) is 6.20 Å². The zero-order valence-corrected chi connectivity index (χ0v) is 11.1. The summed E-state index contributed by atoms with van der Waals surface area (Å²) in [5.41, 5.74) is 0.560. The van der Waals surface area contributed by atoms with Gasteiger partial charge in [0.1, 0.15) is 5.69 Å². The van der Waals surface area contributed by atoms with E-state index in [-0.39, 0.29) is 11.7 Å². The molecule has 0 bridgehead atoms. The van der Waals surface area contributed by atoms with Crippen LogP contribution < -0.4 is 0 Å². The predicted octanol–water partition coefficient (Wildman–Crippen LogP) is 3.42. The van der Waals surface area contributed by atoms with Gasteiger partial charge in [-0.05, 0) is 12.3 Å². The number of halogens is 1. The molecule has 1 rings (SSSR count). The molecule has 0 aromatic carbocycles. The first-order valence-corrected chi connectivity index (χ1v) is 6.12. The van der Waals surface area contributed by atoms with Gasteiger partial charge >= 0.3 is 0 Å². The fourth-order valence-corrected chi connectivity index (χ4v) is 1.74. The van der Waals surface area contributed by atoms with Gasteiger partial charge in [0, 0.05) is 12.5 Å². The van der Waals surface area contributed by atoms with E-state index < -0.39 is 0 Å². The van der Waals surface area contributed by atoms with Crippen LogP contribution in [0.25, 0.3) is 0 Å². The number of aromatic nitrogens is 2. The van der Waals surface area contributed by atoms with Crippen molar-refractivity contribution < 1.29 is 4.79 Å². The Morgan fingerprint density at radius 1 is 1.50 bits per heavy atom. The number of ketones is 1. The number of hydrogen-bond donors (Lipinski definition) is 0. The average molecular weight is 243 g/mol. The molecule has 16 heavy (non-hydrogen) atoms. The van der Waals surface area contributed by atoms with Gasteiger partial charge in [-0.2, -0.15) is 5.10 Å². The summed E-state index contributed by atoms with van der Waals surface area (Å²) in [6, 6.07) is 0. The first kappa shape index (κ1) is 13.2. The Labute approximate surface area is 102 Å². The van der Waals surface area contributed by atoms with Crippen LogP contribution in [0, 0.1) is 11.8 Å². The van der Waals surface area contributed by atoms with Gasteiger partial charge in [-0.25, -0.2) is 0 Å². The highest BCUT2D eigenvalue weighted by Gasteiger charge is 2.24. The molecule has 0 fully saturated rings. The zero-order chi connectivity index (χ0) is 12.3. The van der Waals surface area contributed by atoms with E-state index in [1.165, 1.54) is 0 Å². The number of rotatable bonds is 5. The van der Waals surface area contributed by atoms with Gasteiger partial charge in [0.15, 0.2) is 5.78 Å². The summed E-state index contributed by atoms with van der Waals surface area (Å²) in [7, 11) is 0. The number of nitrogens with zero attached hydrogens (tertiary/aromatic N) is 2. The monoisotopic (exact) mass is 242 g/mol. The van der Waals surface area contributed by atoms with E-state index in [9.17, 15) is 4.79 Å². The van der Waals surface area contributed by atoms with Crippen LogP contribution in [-0.4, -0.2) is 15.6 Å². The zero-order valence-electron chi connectivity index (χ0n) is 10.3. The van der Waals surface area contributed by atoms with Crippen LogP contribution in [-0.2, 0) is 6.54 Å². The van der Waals surface area contributed by atoms with Gasteiger partial charge < -0.3 is 0 Å². The first-order valence-electron chi connectivity index (χ1n) is 5.74. The fraction of sp³-hybridized carbons (Fsp3) is 0.667. The largest absolute Gasteiger partial charge is 0.292 e. The smallest absolute Gasteiger partial charge is 0.185 e. The van der Waals surface area contributed by atoms with Crippen molar-refractivity contribution in [2.75, 3.05) is 0 Å². The first-order chi connectivity index (χ1) is 7.49. The molecular weight excluding hydrogens is 224 g/mol. The minimum absolute atomic E-state index is 0.0233. The van der Waals surface area contributed by atoms with Gasteiger partial charge in [0.05, 0.1) is 11.2 Å². The minimum atomic E-state index is -0.0233. The van der Waals surface area contributed by atoms with Crippen LogP contribution >= 0.6 is 11.6 Å². The molecule has 0 saturated carbocycles. The molecule has 0 aliphatic rings. The lowest BCUT2D eigenvalue weighted by Gasteiger charge is -2.15. The molecule has 0 aliphatic carbocycles. The van der Waals surface area contributed by atoms with Crippen LogP contribution in [0.3, 0.4) is 0 Å². The van der Waals surface area contributed by atoms with E-state index in [2.05, 4.69) is 12.0 Å². The molecule has 1 unspecified atom stereocenters. The molecule has 1 atom stereocenters. The minimum Gasteiger partial charge on any atom is -0.292 e. The van der Waals surface area contributed by atoms with E-state index in [0.717, 1.165) is 13.0 Å². The molecule has 1 heterocycles. The van der Waals surface area contributed by atoms with Gasteiger partial charge in [0.2, 0.25) is 0 Å². The summed E-state index contributed by atoms with van der Waals surface area (Å²) in [4.78, 5) is 12.2. The van der Waals surface area contributed by atoms with Crippen LogP contribution in [0.5, 0.6) is 0 Å². The van der Waals surface area contributed by atoms with Crippen molar-refractivity contribution in [1.29, 1.82) is 0 Å². The van der Waals surface area contributed by atoms with Gasteiger partial charge in [-0.3, -0.25) is 9.48 Å². The van der Waals surface area contributed by atoms with Crippen molar-refractivity contribution in [2.24, 2.45) is 11.8 Å². The van der Waals surface area contributed by atoms with Crippen molar-refractivity contribution in [2.45, 2.75) is 40.7 Å². The van der Waals surface area contributed by atoms with Crippen LogP contribution in [0.1, 0.15) is 44.6 Å². The molecule has 1 aromatic heterocycles. The van der Waals surface area contributed by atoms with E-state index in [0.29, 0.717) is 16.6 Å². The van der Waals surface area contributed by atoms with Gasteiger partial charge in [-0.15, -0.1) is 0 Å². The molecular formula is C12H19ClN2O. The molecule has 0 saturated heterocycles. The third kappa shape index (κ3) is 2.64. The second-order valence-corrected chi connectivity index (χ2v) is 4.87. The number of carbonyl (C=O) groups is 1. The highest BCUT2D eigenvalue weighted by atomic mass is 35.5. The highest BCUT2D eigenvalue weighted by molar-refractivity contribution is 6.33. The lowest BCUT2D eigenvalue weighted by atomic mass is 9.92. The molecule has 1 aromatic rings. The Bertz CT molecular complexity index is 371. The lowest BCUT2D eigenvalue weighted by molar-refractivity contribution is 0.0888. The second kappa shape index (κ2) is 5.48. The molecule has 0 aliphatic heterocycles. The summed E-state index contributed by atoms with van der Waals surface area (Å²) in [6.07, 6.45) is 2.49. The summed E-state index contributed by atoms with van der Waals surface area (Å²) in [5.74, 6) is 0.379. The lowest BCUT2D eigenvalue weighted by Crippen LogP contribution is -2.21. The molecule has 3 nitrogen and oxygen atoms in total. The number of aryl methyl sites for hydroxylation is 1. The van der Waals surface area contributed by atoms with E-state index in [4.69, 9.17) is 11.6 Å². The van der Waals surface area contributed by atoms with Crippen molar-refractivity contribution in [3.63, 3.8) is 0 Å². The Balaban J connectivity index is 3.02. The Hall–Kier alpha value is -0.830. The second-order valence-electron chi connectivity index (χ2n) is 4.46. The quantitative estimate of drug-likeness (QED) is 0.742. The molecule has 0 amide bonds. The standard InChI is InChI=1S/C12H19ClN2O/c1-5-6-15-11(10(13)7-14-15)12(16)9(4)8(2)3/h7-9H,5-6H2,1-4H3. The van der Waals surface area contributed by atoms with Crippen molar-refractivity contribution in [3.05, 3.63) is 16.9 Å². The molecule has 4 heteroatoms. The number of Topliss-reactive ketones (excluding diaryl/α,β-unsaturated/α-hetero) is 1. The Kier molecular flexibility index (Phi) is 4.54. The van der Waals surface area contributed by atoms with Crippen molar-refractivity contribution >= 4 is 17.4 Å². The third-order valence-electron chi connectivity index (χ3n) is 2.88. The summed E-state index contributed by atoms with van der Waals surface area (Å²) in [5, 5.41) is 4.60.